The molecule has 0 spiro atoms. The summed E-state index contributed by atoms with van der Waals surface area (Å²) in [6.45, 7) is 5.34. The fourth-order valence-corrected chi connectivity index (χ4v) is 1.64. The third-order valence-corrected chi connectivity index (χ3v) is 2.64. The van der Waals surface area contributed by atoms with Crippen LogP contribution in [0.1, 0.15) is 31.1 Å². The summed E-state index contributed by atoms with van der Waals surface area (Å²) in [7, 11) is 1.46. The monoisotopic (exact) mass is 279 g/mol. The number of ether oxygens (including phenoxy) is 1. The van der Waals surface area contributed by atoms with E-state index in [2.05, 4.69) is 10.6 Å². The van der Waals surface area contributed by atoms with E-state index in [-0.39, 0.29) is 17.9 Å². The third kappa shape index (κ3) is 4.15. The van der Waals surface area contributed by atoms with Crippen molar-refractivity contribution in [2.45, 2.75) is 32.9 Å². The minimum Gasteiger partial charge on any atom is -0.496 e. The number of hydrogen-bond donors (Lipinski definition) is 3. The first-order chi connectivity index (χ1) is 9.35. The number of carbonyl (C=O) groups is 2. The second kappa shape index (κ2) is 6.79. The zero-order valence-corrected chi connectivity index (χ0v) is 12.2. The topological polar surface area (TPSA) is 93.4 Å². The highest BCUT2D eigenvalue weighted by atomic mass is 16.5. The summed E-state index contributed by atoms with van der Waals surface area (Å²) in [5.41, 5.74) is 6.47. The van der Waals surface area contributed by atoms with Gasteiger partial charge in [-0.3, -0.25) is 9.59 Å². The first-order valence-electron chi connectivity index (χ1n) is 6.40. The average Bonchev–Trinajstić information content (AvgIpc) is 2.37. The Kier molecular flexibility index (Phi) is 5.37. The average molecular weight is 279 g/mol. The number of nitrogens with two attached hydrogens (primary N) is 1. The molecule has 1 aromatic rings. The van der Waals surface area contributed by atoms with Gasteiger partial charge >= 0.3 is 0 Å². The van der Waals surface area contributed by atoms with E-state index in [1.54, 1.807) is 25.1 Å². The molecule has 1 aromatic carbocycles. The highest BCUT2D eigenvalue weighted by Gasteiger charge is 2.19. The molecule has 0 aliphatic carbocycles. The lowest BCUT2D eigenvalue weighted by Crippen LogP contribution is -2.46. The fourth-order valence-electron chi connectivity index (χ4n) is 1.64. The molecule has 20 heavy (non-hydrogen) atoms. The van der Waals surface area contributed by atoms with Crippen LogP contribution < -0.4 is 21.1 Å². The summed E-state index contributed by atoms with van der Waals surface area (Å²) in [4.78, 5) is 23.9. The van der Waals surface area contributed by atoms with Crippen molar-refractivity contribution < 1.29 is 14.3 Å². The van der Waals surface area contributed by atoms with E-state index in [0.29, 0.717) is 17.0 Å². The standard InChI is InChI=1S/C14H21N3O3/c1-8(2)16-13(18)9(3)17-14(19)11-6-5-10(15)7-12(11)20-4/h5-9H,15H2,1-4H3,(H,16,18)(H,17,19). The van der Waals surface area contributed by atoms with Crippen LogP contribution in [-0.4, -0.2) is 31.0 Å². The van der Waals surface area contributed by atoms with Crippen LogP contribution in [0, 0.1) is 0 Å². The van der Waals surface area contributed by atoms with Crippen LogP contribution in [0.2, 0.25) is 0 Å². The van der Waals surface area contributed by atoms with Crippen LogP contribution in [0.3, 0.4) is 0 Å². The maximum absolute atomic E-state index is 12.1. The Bertz CT molecular complexity index is 500. The van der Waals surface area contributed by atoms with Crippen LogP contribution in [0.25, 0.3) is 0 Å². The second-order valence-electron chi connectivity index (χ2n) is 4.82. The van der Waals surface area contributed by atoms with E-state index in [0.717, 1.165) is 0 Å². The molecule has 0 radical (unpaired) electrons. The number of nitrogens with one attached hydrogen (secondary N) is 2. The molecule has 1 rings (SSSR count). The molecule has 0 saturated heterocycles. The van der Waals surface area contributed by atoms with Crippen LogP contribution in [0.5, 0.6) is 5.75 Å². The molecular formula is C14H21N3O3. The van der Waals surface area contributed by atoms with E-state index in [9.17, 15) is 9.59 Å². The Morgan fingerprint density at radius 3 is 2.40 bits per heavy atom. The first-order valence-corrected chi connectivity index (χ1v) is 6.40. The van der Waals surface area contributed by atoms with Crippen LogP contribution in [0.15, 0.2) is 18.2 Å². The van der Waals surface area contributed by atoms with Gasteiger partial charge in [-0.05, 0) is 32.9 Å². The molecular weight excluding hydrogens is 258 g/mol. The number of rotatable bonds is 5. The van der Waals surface area contributed by atoms with Crippen molar-refractivity contribution in [2.75, 3.05) is 12.8 Å². The normalized spacial score (nSPS) is 11.8. The molecule has 0 heterocycles. The summed E-state index contributed by atoms with van der Waals surface area (Å²) < 4.78 is 5.11. The van der Waals surface area contributed by atoms with Gasteiger partial charge in [0.25, 0.3) is 5.91 Å². The summed E-state index contributed by atoms with van der Waals surface area (Å²) in [6.07, 6.45) is 0. The summed E-state index contributed by atoms with van der Waals surface area (Å²) in [5, 5.41) is 5.36. The quantitative estimate of drug-likeness (QED) is 0.699. The lowest BCUT2D eigenvalue weighted by Gasteiger charge is -2.17. The van der Waals surface area contributed by atoms with Crippen molar-refractivity contribution in [3.05, 3.63) is 23.8 Å². The SMILES string of the molecule is COc1cc(N)ccc1C(=O)NC(C)C(=O)NC(C)C. The Balaban J connectivity index is 2.78. The lowest BCUT2D eigenvalue weighted by molar-refractivity contribution is -0.123. The number of amides is 2. The van der Waals surface area contributed by atoms with Crippen molar-refractivity contribution >= 4 is 17.5 Å². The number of benzene rings is 1. The molecule has 0 saturated carbocycles. The largest absolute Gasteiger partial charge is 0.496 e. The van der Waals surface area contributed by atoms with Gasteiger partial charge in [0.1, 0.15) is 11.8 Å². The van der Waals surface area contributed by atoms with E-state index in [1.807, 2.05) is 13.8 Å². The summed E-state index contributed by atoms with van der Waals surface area (Å²) in [6, 6.07) is 4.13. The number of anilines is 1. The predicted octanol–water partition coefficient (Wildman–Crippen LogP) is 0.920. The van der Waals surface area contributed by atoms with Crippen LogP contribution in [0.4, 0.5) is 5.69 Å². The lowest BCUT2D eigenvalue weighted by atomic mass is 10.1. The van der Waals surface area contributed by atoms with Crippen molar-refractivity contribution in [2.24, 2.45) is 0 Å². The molecule has 0 aliphatic rings. The molecule has 110 valence electrons. The second-order valence-corrected chi connectivity index (χ2v) is 4.82. The van der Waals surface area contributed by atoms with E-state index < -0.39 is 6.04 Å². The van der Waals surface area contributed by atoms with Gasteiger partial charge in [-0.1, -0.05) is 0 Å². The van der Waals surface area contributed by atoms with Gasteiger partial charge in [0, 0.05) is 17.8 Å². The number of hydrogen-bond acceptors (Lipinski definition) is 4. The molecule has 1 unspecified atom stereocenters. The maximum atomic E-state index is 12.1. The van der Waals surface area contributed by atoms with Crippen LogP contribution >= 0.6 is 0 Å². The maximum Gasteiger partial charge on any atom is 0.255 e. The van der Waals surface area contributed by atoms with E-state index in [4.69, 9.17) is 10.5 Å². The molecule has 6 nitrogen and oxygen atoms in total. The van der Waals surface area contributed by atoms with Crippen molar-refractivity contribution in [1.29, 1.82) is 0 Å². The molecule has 0 fully saturated rings. The molecule has 4 N–H and O–H groups in total. The highest BCUT2D eigenvalue weighted by molar-refractivity contribution is 5.99. The summed E-state index contributed by atoms with van der Waals surface area (Å²) >= 11 is 0. The van der Waals surface area contributed by atoms with Gasteiger partial charge in [-0.2, -0.15) is 0 Å². The molecule has 1 atom stereocenters. The minimum atomic E-state index is -0.632. The van der Waals surface area contributed by atoms with Crippen molar-refractivity contribution in [3.8, 4) is 5.75 Å². The van der Waals surface area contributed by atoms with Crippen molar-refractivity contribution in [3.63, 3.8) is 0 Å². The Morgan fingerprint density at radius 1 is 1.20 bits per heavy atom. The molecule has 0 aromatic heterocycles. The van der Waals surface area contributed by atoms with Gasteiger partial charge in [0.2, 0.25) is 5.91 Å². The van der Waals surface area contributed by atoms with Gasteiger partial charge in [-0.15, -0.1) is 0 Å². The smallest absolute Gasteiger partial charge is 0.255 e. The molecule has 2 amide bonds. The van der Waals surface area contributed by atoms with Gasteiger partial charge < -0.3 is 21.1 Å². The zero-order valence-electron chi connectivity index (χ0n) is 12.2. The van der Waals surface area contributed by atoms with E-state index >= 15 is 0 Å². The summed E-state index contributed by atoms with van der Waals surface area (Å²) in [5.74, 6) is -0.241. The Labute approximate surface area is 118 Å². The van der Waals surface area contributed by atoms with Gasteiger partial charge in [0.05, 0.1) is 12.7 Å². The zero-order chi connectivity index (χ0) is 15.3. The number of nitrogen functional groups attached to an aromatic ring is 1. The van der Waals surface area contributed by atoms with Crippen molar-refractivity contribution in [1.82, 2.24) is 10.6 Å². The Hall–Kier alpha value is -2.24. The highest BCUT2D eigenvalue weighted by Crippen LogP contribution is 2.21. The van der Waals surface area contributed by atoms with E-state index in [1.165, 1.54) is 7.11 Å². The van der Waals surface area contributed by atoms with Gasteiger partial charge in [-0.25, -0.2) is 0 Å². The Morgan fingerprint density at radius 2 is 1.85 bits per heavy atom. The third-order valence-electron chi connectivity index (χ3n) is 2.64. The minimum absolute atomic E-state index is 0.0212. The fraction of sp³-hybridized carbons (Fsp3) is 0.429. The van der Waals surface area contributed by atoms with Crippen LogP contribution in [-0.2, 0) is 4.79 Å². The molecule has 0 aliphatic heterocycles. The molecule has 0 bridgehead atoms. The first kappa shape index (κ1) is 15.8. The predicted molar refractivity (Wildman–Crippen MR) is 77.6 cm³/mol. The van der Waals surface area contributed by atoms with Gasteiger partial charge in [0.15, 0.2) is 0 Å². The number of carbonyl (C=O) groups excluding carboxylic acids is 2. The number of methoxy groups -OCH3 is 1. The molecule has 6 heteroatoms.